The van der Waals surface area contributed by atoms with Crippen LogP contribution in [0.3, 0.4) is 0 Å². The number of likely N-dealkylation sites (tertiary alicyclic amines) is 1. The lowest BCUT2D eigenvalue weighted by Crippen LogP contribution is -2.50. The summed E-state index contributed by atoms with van der Waals surface area (Å²) in [5, 5.41) is 0.337. The van der Waals surface area contributed by atoms with Crippen molar-refractivity contribution >= 4 is 29.7 Å². The Morgan fingerprint density at radius 1 is 0.971 bits per heavy atom. The van der Waals surface area contributed by atoms with Gasteiger partial charge in [0.2, 0.25) is 0 Å². The molecule has 34 heavy (non-hydrogen) atoms. The van der Waals surface area contributed by atoms with Gasteiger partial charge in [-0.25, -0.2) is 4.39 Å². The van der Waals surface area contributed by atoms with Crippen molar-refractivity contribution in [3.05, 3.63) is 75.9 Å². The molecule has 0 spiro atoms. The monoisotopic (exact) mass is 478 g/mol. The number of rotatable bonds is 4. The highest BCUT2D eigenvalue weighted by Gasteiger charge is 2.40. The molecule has 2 aromatic carbocycles. The van der Waals surface area contributed by atoms with Gasteiger partial charge >= 0.3 is 0 Å². The number of hydrogen-bond acceptors (Lipinski definition) is 3. The van der Waals surface area contributed by atoms with Crippen molar-refractivity contribution in [1.29, 1.82) is 0 Å². The van der Waals surface area contributed by atoms with Gasteiger partial charge in [-0.15, -0.1) is 11.8 Å². The van der Waals surface area contributed by atoms with Gasteiger partial charge in [0.25, 0.3) is 11.8 Å². The van der Waals surface area contributed by atoms with Gasteiger partial charge in [0, 0.05) is 42.1 Å². The van der Waals surface area contributed by atoms with E-state index in [0.29, 0.717) is 27.8 Å². The number of benzene rings is 2. The molecule has 2 atom stereocenters. The molecule has 2 saturated heterocycles. The van der Waals surface area contributed by atoms with Gasteiger partial charge < -0.3 is 9.80 Å². The Bertz CT molecular complexity index is 1080. The second-order valence-electron chi connectivity index (χ2n) is 9.52. The highest BCUT2D eigenvalue weighted by molar-refractivity contribution is 8.04. The average molecular weight is 479 g/mol. The number of halogens is 1. The molecule has 2 heterocycles. The molecule has 0 radical (unpaired) electrons. The maximum Gasteiger partial charge on any atom is 0.260 e. The van der Waals surface area contributed by atoms with Crippen LogP contribution in [0.1, 0.15) is 66.4 Å². The summed E-state index contributed by atoms with van der Waals surface area (Å²) in [5.74, 6) is -0.201. The van der Waals surface area contributed by atoms with Crippen molar-refractivity contribution in [1.82, 2.24) is 9.80 Å². The third-order valence-corrected chi connectivity index (χ3v) is 8.61. The normalized spacial score (nSPS) is 24.3. The first-order valence-corrected chi connectivity index (χ1v) is 13.3. The van der Waals surface area contributed by atoms with Crippen molar-refractivity contribution in [2.45, 2.75) is 62.8 Å². The van der Waals surface area contributed by atoms with E-state index in [1.807, 2.05) is 46.2 Å². The van der Waals surface area contributed by atoms with Crippen LogP contribution < -0.4 is 0 Å². The molecule has 1 aliphatic carbocycles. The first-order valence-electron chi connectivity index (χ1n) is 12.4. The molecule has 0 N–H and O–H groups in total. The summed E-state index contributed by atoms with van der Waals surface area (Å²) in [5.41, 5.74) is 2.17. The van der Waals surface area contributed by atoms with Gasteiger partial charge in [-0.05, 0) is 61.9 Å². The molecular weight excluding hydrogens is 447 g/mol. The number of nitrogens with zero attached hydrogens (tertiary/aromatic N) is 2. The van der Waals surface area contributed by atoms with E-state index in [1.165, 1.54) is 12.5 Å². The van der Waals surface area contributed by atoms with Crippen LogP contribution in [0.25, 0.3) is 6.08 Å². The molecule has 2 unspecified atom stereocenters. The Labute approximate surface area is 205 Å². The van der Waals surface area contributed by atoms with Crippen molar-refractivity contribution in [3.63, 3.8) is 0 Å². The molecule has 1 saturated carbocycles. The standard InChI is InChI=1S/C28H31FN2O2S/c29-23-9-3-2-8-22(23)19-31-24-10-4-5-11-25(24)34-26(28(31)33)18-20-12-14-21(15-13-20)27(32)30-16-6-1-7-17-30/h2-3,8-9,12-15,18,24-25H,1,4-7,10-11,16-17,19H2/b26-18-. The lowest BCUT2D eigenvalue weighted by Gasteiger charge is -2.44. The van der Waals surface area contributed by atoms with E-state index in [0.717, 1.165) is 57.2 Å². The Morgan fingerprint density at radius 3 is 2.47 bits per heavy atom. The van der Waals surface area contributed by atoms with Gasteiger partial charge in [0.1, 0.15) is 5.82 Å². The average Bonchev–Trinajstić information content (AvgIpc) is 2.88. The van der Waals surface area contributed by atoms with Crippen molar-refractivity contribution in [2.24, 2.45) is 0 Å². The molecule has 3 aliphatic rings. The van der Waals surface area contributed by atoms with E-state index in [9.17, 15) is 14.0 Å². The summed E-state index contributed by atoms with van der Waals surface area (Å²) in [4.78, 5) is 30.8. The fraction of sp³-hybridized carbons (Fsp3) is 0.429. The minimum atomic E-state index is -0.264. The summed E-state index contributed by atoms with van der Waals surface area (Å²) in [6.07, 6.45) is 9.57. The molecule has 0 bridgehead atoms. The molecule has 3 fully saturated rings. The van der Waals surface area contributed by atoms with Crippen LogP contribution >= 0.6 is 11.8 Å². The van der Waals surface area contributed by atoms with E-state index in [4.69, 9.17) is 0 Å². The zero-order valence-electron chi connectivity index (χ0n) is 19.4. The van der Waals surface area contributed by atoms with Gasteiger partial charge in [-0.1, -0.05) is 43.2 Å². The molecule has 4 nitrogen and oxygen atoms in total. The predicted octanol–water partition coefficient (Wildman–Crippen LogP) is 5.88. The number of fused-ring (bicyclic) bond motifs is 1. The van der Waals surface area contributed by atoms with Gasteiger partial charge in [-0.2, -0.15) is 0 Å². The highest BCUT2D eigenvalue weighted by Crippen LogP contribution is 2.42. The summed E-state index contributed by atoms with van der Waals surface area (Å²) < 4.78 is 14.4. The molecule has 6 heteroatoms. The second kappa shape index (κ2) is 10.3. The number of thioether (sulfide) groups is 1. The van der Waals surface area contributed by atoms with E-state index in [2.05, 4.69) is 0 Å². The molecule has 2 aliphatic heterocycles. The topological polar surface area (TPSA) is 40.6 Å². The van der Waals surface area contributed by atoms with Crippen LogP contribution in [0.15, 0.2) is 53.4 Å². The zero-order valence-corrected chi connectivity index (χ0v) is 20.2. The molecule has 2 amide bonds. The van der Waals surface area contributed by atoms with Crippen LogP contribution in [0, 0.1) is 5.82 Å². The first kappa shape index (κ1) is 23.2. The van der Waals surface area contributed by atoms with Crippen LogP contribution in [-0.2, 0) is 11.3 Å². The Hall–Kier alpha value is -2.60. The summed E-state index contributed by atoms with van der Waals surface area (Å²) in [6, 6.07) is 14.4. The summed E-state index contributed by atoms with van der Waals surface area (Å²) in [6.45, 7) is 1.96. The first-order chi connectivity index (χ1) is 16.6. The Morgan fingerprint density at radius 2 is 1.71 bits per heavy atom. The van der Waals surface area contributed by atoms with E-state index < -0.39 is 0 Å². The van der Waals surface area contributed by atoms with Crippen molar-refractivity contribution in [2.75, 3.05) is 13.1 Å². The molecule has 178 valence electrons. The summed E-state index contributed by atoms with van der Waals surface area (Å²) in [7, 11) is 0. The van der Waals surface area contributed by atoms with Crippen LogP contribution in [0.2, 0.25) is 0 Å². The number of hydrogen-bond donors (Lipinski definition) is 0. The molecule has 2 aromatic rings. The lowest BCUT2D eigenvalue weighted by atomic mass is 9.92. The highest BCUT2D eigenvalue weighted by atomic mass is 32.2. The van der Waals surface area contributed by atoms with Crippen LogP contribution in [-0.4, -0.2) is 46.0 Å². The largest absolute Gasteiger partial charge is 0.339 e. The predicted molar refractivity (Wildman–Crippen MR) is 135 cm³/mol. The Balaban J connectivity index is 1.36. The molecular formula is C28H31FN2O2S. The number of carbonyl (C=O) groups excluding carboxylic acids is 2. The Kier molecular flexibility index (Phi) is 7.05. The van der Waals surface area contributed by atoms with Gasteiger partial charge in [0.15, 0.2) is 0 Å². The zero-order chi connectivity index (χ0) is 23.5. The van der Waals surface area contributed by atoms with Crippen LogP contribution in [0.5, 0.6) is 0 Å². The lowest BCUT2D eigenvalue weighted by molar-refractivity contribution is -0.130. The minimum Gasteiger partial charge on any atom is -0.339 e. The quantitative estimate of drug-likeness (QED) is 0.515. The van der Waals surface area contributed by atoms with Crippen LogP contribution in [0.4, 0.5) is 4.39 Å². The SMILES string of the molecule is O=C(c1ccc(/C=C2\SC3CCCCC3N(Cc3ccccc3F)C2=O)cc1)N1CCCCC1. The minimum absolute atomic E-state index is 0.0233. The molecule has 5 rings (SSSR count). The summed E-state index contributed by atoms with van der Waals surface area (Å²) >= 11 is 1.67. The molecule has 0 aromatic heterocycles. The van der Waals surface area contributed by atoms with E-state index in [1.54, 1.807) is 23.9 Å². The van der Waals surface area contributed by atoms with Gasteiger partial charge in [-0.3, -0.25) is 9.59 Å². The number of amides is 2. The fourth-order valence-corrected chi connectivity index (χ4v) is 6.80. The smallest absolute Gasteiger partial charge is 0.260 e. The van der Waals surface area contributed by atoms with Crippen molar-refractivity contribution in [3.8, 4) is 0 Å². The fourth-order valence-electron chi connectivity index (χ4n) is 5.32. The maximum atomic E-state index is 14.4. The third-order valence-electron chi connectivity index (χ3n) is 7.22. The third kappa shape index (κ3) is 4.92. The second-order valence-corrected chi connectivity index (χ2v) is 10.8. The number of carbonyl (C=O) groups is 2. The van der Waals surface area contributed by atoms with E-state index in [-0.39, 0.29) is 23.7 Å². The van der Waals surface area contributed by atoms with Crippen molar-refractivity contribution < 1.29 is 14.0 Å². The number of piperidine rings is 1. The maximum absolute atomic E-state index is 14.4. The van der Waals surface area contributed by atoms with Gasteiger partial charge in [0.05, 0.1) is 4.91 Å². The van der Waals surface area contributed by atoms with E-state index >= 15 is 0 Å².